The van der Waals surface area contributed by atoms with Gasteiger partial charge in [-0.1, -0.05) is 40.5 Å². The van der Waals surface area contributed by atoms with Gasteiger partial charge in [0.1, 0.15) is 0 Å². The third-order valence-electron chi connectivity index (χ3n) is 4.64. The second kappa shape index (κ2) is 11.4. The molecule has 0 saturated heterocycles. The Labute approximate surface area is 132 Å². The third kappa shape index (κ3) is 8.18. The highest BCUT2D eigenvalue weighted by Gasteiger charge is 2.31. The van der Waals surface area contributed by atoms with Crippen molar-refractivity contribution in [2.75, 3.05) is 32.9 Å². The van der Waals surface area contributed by atoms with E-state index in [-0.39, 0.29) is 0 Å². The molecule has 1 saturated carbocycles. The van der Waals surface area contributed by atoms with Gasteiger partial charge in [0.25, 0.3) is 0 Å². The Kier molecular flexibility index (Phi) is 10.3. The molecule has 3 unspecified atom stereocenters. The Morgan fingerprint density at radius 3 is 2.57 bits per heavy atom. The molecule has 3 atom stereocenters. The van der Waals surface area contributed by atoms with Crippen LogP contribution in [0.5, 0.6) is 0 Å². The van der Waals surface area contributed by atoms with Gasteiger partial charge in [-0.2, -0.15) is 0 Å². The zero-order valence-corrected chi connectivity index (χ0v) is 14.7. The van der Waals surface area contributed by atoms with Crippen molar-refractivity contribution in [2.24, 2.45) is 17.8 Å². The van der Waals surface area contributed by atoms with E-state index in [9.17, 15) is 0 Å². The minimum absolute atomic E-state index is 0.469. The molecule has 0 heterocycles. The van der Waals surface area contributed by atoms with Crippen LogP contribution in [0.1, 0.15) is 59.8 Å². The van der Waals surface area contributed by atoms with E-state index in [1.807, 2.05) is 0 Å². The number of unbranched alkanes of at least 4 members (excludes halogenated alkanes) is 1. The lowest BCUT2D eigenvalue weighted by molar-refractivity contribution is -0.0369. The Hall–Kier alpha value is -0.120. The van der Waals surface area contributed by atoms with Crippen molar-refractivity contribution < 1.29 is 9.47 Å². The lowest BCUT2D eigenvalue weighted by atomic mass is 9.75. The van der Waals surface area contributed by atoms with Crippen molar-refractivity contribution in [1.29, 1.82) is 0 Å². The van der Waals surface area contributed by atoms with Crippen LogP contribution in [0.15, 0.2) is 0 Å². The second-order valence-electron chi connectivity index (χ2n) is 6.95. The Balaban J connectivity index is 2.04. The van der Waals surface area contributed by atoms with Crippen LogP contribution in [0.2, 0.25) is 0 Å². The first-order valence-electron chi connectivity index (χ1n) is 9.05. The van der Waals surface area contributed by atoms with E-state index in [1.165, 1.54) is 32.1 Å². The molecule has 0 aromatic heterocycles. The normalized spacial score (nSPS) is 26.4. The van der Waals surface area contributed by atoms with Gasteiger partial charge in [-0.15, -0.1) is 0 Å². The first-order valence-corrected chi connectivity index (χ1v) is 9.05. The van der Waals surface area contributed by atoms with Gasteiger partial charge in [0.2, 0.25) is 0 Å². The summed E-state index contributed by atoms with van der Waals surface area (Å²) < 4.78 is 11.7. The molecule has 1 rings (SSSR count). The molecule has 0 amide bonds. The van der Waals surface area contributed by atoms with E-state index in [1.54, 1.807) is 0 Å². The lowest BCUT2D eigenvalue weighted by Gasteiger charge is -2.37. The zero-order chi connectivity index (χ0) is 15.5. The van der Waals surface area contributed by atoms with Gasteiger partial charge < -0.3 is 14.8 Å². The predicted molar refractivity (Wildman–Crippen MR) is 89.7 cm³/mol. The van der Waals surface area contributed by atoms with E-state index in [0.29, 0.717) is 6.10 Å². The van der Waals surface area contributed by atoms with Gasteiger partial charge in [-0.25, -0.2) is 0 Å². The second-order valence-corrected chi connectivity index (χ2v) is 6.95. The third-order valence-corrected chi connectivity index (χ3v) is 4.64. The minimum atomic E-state index is 0.469. The van der Waals surface area contributed by atoms with Gasteiger partial charge in [-0.3, -0.25) is 0 Å². The fourth-order valence-corrected chi connectivity index (χ4v) is 3.21. The predicted octanol–water partition coefficient (Wildman–Crippen LogP) is 3.87. The minimum Gasteiger partial charge on any atom is -0.380 e. The largest absolute Gasteiger partial charge is 0.380 e. The molecule has 1 aliphatic rings. The van der Waals surface area contributed by atoms with Crippen molar-refractivity contribution in [3.8, 4) is 0 Å². The van der Waals surface area contributed by atoms with E-state index in [4.69, 9.17) is 9.47 Å². The summed E-state index contributed by atoms with van der Waals surface area (Å²) in [5, 5.41) is 3.41. The molecule has 0 aliphatic heterocycles. The summed E-state index contributed by atoms with van der Waals surface area (Å²) in [6.45, 7) is 13.6. The molecule has 126 valence electrons. The summed E-state index contributed by atoms with van der Waals surface area (Å²) in [5.74, 6) is 2.31. The molecule has 0 radical (unpaired) electrons. The molecular formula is C18H37NO2. The highest BCUT2D eigenvalue weighted by atomic mass is 16.5. The average molecular weight is 299 g/mol. The van der Waals surface area contributed by atoms with Gasteiger partial charge in [-0.05, 0) is 37.0 Å². The first kappa shape index (κ1) is 18.9. The van der Waals surface area contributed by atoms with E-state index >= 15 is 0 Å². The topological polar surface area (TPSA) is 30.5 Å². The molecule has 1 N–H and O–H groups in total. The summed E-state index contributed by atoms with van der Waals surface area (Å²) in [5.41, 5.74) is 0. The number of hydrogen-bond donors (Lipinski definition) is 1. The first-order chi connectivity index (χ1) is 10.1. The van der Waals surface area contributed by atoms with Gasteiger partial charge >= 0.3 is 0 Å². The molecule has 3 nitrogen and oxygen atoms in total. The van der Waals surface area contributed by atoms with Crippen LogP contribution in [-0.4, -0.2) is 39.0 Å². The molecule has 0 aromatic carbocycles. The Morgan fingerprint density at radius 1 is 1.10 bits per heavy atom. The summed E-state index contributed by atoms with van der Waals surface area (Å²) >= 11 is 0. The van der Waals surface area contributed by atoms with Crippen LogP contribution in [0.3, 0.4) is 0 Å². The maximum absolute atomic E-state index is 6.17. The monoisotopic (exact) mass is 299 g/mol. The highest BCUT2D eigenvalue weighted by molar-refractivity contribution is 4.81. The zero-order valence-electron chi connectivity index (χ0n) is 14.7. The summed E-state index contributed by atoms with van der Waals surface area (Å²) in [6.07, 6.45) is 6.79. The Bertz CT molecular complexity index is 245. The molecule has 3 heteroatoms. The van der Waals surface area contributed by atoms with Gasteiger partial charge in [0, 0.05) is 19.7 Å². The number of hydrogen-bond acceptors (Lipinski definition) is 3. The molecule has 1 fully saturated rings. The fourth-order valence-electron chi connectivity index (χ4n) is 3.21. The summed E-state index contributed by atoms with van der Waals surface area (Å²) in [6, 6.07) is 0. The van der Waals surface area contributed by atoms with Crippen LogP contribution in [-0.2, 0) is 9.47 Å². The standard InChI is InChI=1S/C18H37NO2/c1-5-6-11-20-12-9-19-10-13-21-18-14-16(4)7-8-17(18)15(2)3/h15-19H,5-14H2,1-4H3. The molecule has 1 aliphatic carbocycles. The van der Waals surface area contributed by atoms with Crippen LogP contribution in [0.25, 0.3) is 0 Å². The Morgan fingerprint density at radius 2 is 1.86 bits per heavy atom. The molecule has 0 spiro atoms. The smallest absolute Gasteiger partial charge is 0.0608 e. The fraction of sp³-hybridized carbons (Fsp3) is 1.00. The van der Waals surface area contributed by atoms with E-state index in [2.05, 4.69) is 33.0 Å². The average Bonchev–Trinajstić information content (AvgIpc) is 2.45. The van der Waals surface area contributed by atoms with Crippen LogP contribution < -0.4 is 5.32 Å². The number of nitrogens with one attached hydrogen (secondary N) is 1. The maximum atomic E-state index is 6.17. The van der Waals surface area contributed by atoms with Crippen molar-refractivity contribution in [3.05, 3.63) is 0 Å². The van der Waals surface area contributed by atoms with E-state index in [0.717, 1.165) is 50.7 Å². The molecule has 0 bridgehead atoms. The number of ether oxygens (including phenoxy) is 2. The van der Waals surface area contributed by atoms with Gasteiger partial charge in [0.05, 0.1) is 19.3 Å². The lowest BCUT2D eigenvalue weighted by Crippen LogP contribution is -2.36. The van der Waals surface area contributed by atoms with Crippen molar-refractivity contribution in [2.45, 2.75) is 65.9 Å². The van der Waals surface area contributed by atoms with Crippen molar-refractivity contribution in [3.63, 3.8) is 0 Å². The van der Waals surface area contributed by atoms with Crippen molar-refractivity contribution >= 4 is 0 Å². The molecule has 21 heavy (non-hydrogen) atoms. The van der Waals surface area contributed by atoms with Crippen molar-refractivity contribution in [1.82, 2.24) is 5.32 Å². The van der Waals surface area contributed by atoms with Gasteiger partial charge in [0.15, 0.2) is 0 Å². The van der Waals surface area contributed by atoms with E-state index < -0.39 is 0 Å². The molecule has 0 aromatic rings. The maximum Gasteiger partial charge on any atom is 0.0608 e. The summed E-state index contributed by atoms with van der Waals surface area (Å²) in [7, 11) is 0. The quantitative estimate of drug-likeness (QED) is 0.587. The van der Waals surface area contributed by atoms with Crippen LogP contribution in [0, 0.1) is 17.8 Å². The summed E-state index contributed by atoms with van der Waals surface area (Å²) in [4.78, 5) is 0. The van der Waals surface area contributed by atoms with Crippen LogP contribution in [0.4, 0.5) is 0 Å². The SMILES string of the molecule is CCCCOCCNCCOC1CC(C)CCC1C(C)C. The molecular weight excluding hydrogens is 262 g/mol. The highest BCUT2D eigenvalue weighted by Crippen LogP contribution is 2.35. The number of rotatable bonds is 11. The van der Waals surface area contributed by atoms with Crippen LogP contribution >= 0.6 is 0 Å².